The van der Waals surface area contributed by atoms with Gasteiger partial charge in [-0.3, -0.25) is 9.59 Å². The predicted octanol–water partition coefficient (Wildman–Crippen LogP) is 1.17. The summed E-state index contributed by atoms with van der Waals surface area (Å²) < 4.78 is 5.71. The summed E-state index contributed by atoms with van der Waals surface area (Å²) in [6.45, 7) is 5.25. The number of nitrogens with one attached hydrogen (secondary N) is 1. The van der Waals surface area contributed by atoms with Crippen molar-refractivity contribution in [1.29, 1.82) is 0 Å². The molecule has 2 amide bonds. The highest BCUT2D eigenvalue weighted by atomic mass is 16.5. The number of hydrogen-bond donors (Lipinski definition) is 2. The van der Waals surface area contributed by atoms with Crippen LogP contribution in [0, 0.1) is 19.3 Å². The molecule has 1 aromatic rings. The lowest BCUT2D eigenvalue weighted by Crippen LogP contribution is -2.62. The van der Waals surface area contributed by atoms with Crippen molar-refractivity contribution >= 4 is 11.8 Å². The molecular formula is C19H26N2O4. The Labute approximate surface area is 148 Å². The molecule has 2 saturated heterocycles. The molecule has 2 fully saturated rings. The predicted molar refractivity (Wildman–Crippen MR) is 93.3 cm³/mol. The molecule has 136 valence electrons. The van der Waals surface area contributed by atoms with E-state index in [1.807, 2.05) is 32.0 Å². The van der Waals surface area contributed by atoms with E-state index in [0.29, 0.717) is 31.7 Å². The van der Waals surface area contributed by atoms with Gasteiger partial charge in [-0.2, -0.15) is 0 Å². The van der Waals surface area contributed by atoms with E-state index in [9.17, 15) is 14.7 Å². The number of ether oxygens (including phenoxy) is 1. The lowest BCUT2D eigenvalue weighted by atomic mass is 9.71. The number of likely N-dealkylation sites (tertiary alicyclic amines) is 1. The summed E-state index contributed by atoms with van der Waals surface area (Å²) in [5.41, 5.74) is 1.27. The van der Waals surface area contributed by atoms with Crippen molar-refractivity contribution in [3.8, 4) is 5.75 Å². The first-order chi connectivity index (χ1) is 11.9. The molecule has 0 aromatic heterocycles. The number of hydrogen-bond acceptors (Lipinski definition) is 4. The van der Waals surface area contributed by atoms with Gasteiger partial charge in [0.2, 0.25) is 5.91 Å². The van der Waals surface area contributed by atoms with Crippen molar-refractivity contribution in [3.05, 3.63) is 29.3 Å². The van der Waals surface area contributed by atoms with Crippen LogP contribution in [0.5, 0.6) is 5.75 Å². The SMILES string of the molecule is Cc1cccc(OCC(=O)N2CC[C@H](O)[C@@]3(CCCNC3=O)C2)c1C. The van der Waals surface area contributed by atoms with Crippen molar-refractivity contribution in [3.63, 3.8) is 0 Å². The van der Waals surface area contributed by atoms with E-state index in [0.717, 1.165) is 17.5 Å². The largest absolute Gasteiger partial charge is 0.483 e. The van der Waals surface area contributed by atoms with Gasteiger partial charge in [0, 0.05) is 19.6 Å². The third-order valence-corrected chi connectivity index (χ3v) is 5.58. The van der Waals surface area contributed by atoms with Crippen LogP contribution in [0.25, 0.3) is 0 Å². The minimum atomic E-state index is -0.870. The summed E-state index contributed by atoms with van der Waals surface area (Å²) in [6.07, 6.45) is 1.16. The second-order valence-corrected chi connectivity index (χ2v) is 7.12. The number of aliphatic hydroxyl groups excluding tert-OH is 1. The summed E-state index contributed by atoms with van der Waals surface area (Å²) in [7, 11) is 0. The number of benzene rings is 1. The van der Waals surface area contributed by atoms with Crippen LogP contribution >= 0.6 is 0 Å². The van der Waals surface area contributed by atoms with Gasteiger partial charge in [0.25, 0.3) is 5.91 Å². The van der Waals surface area contributed by atoms with Crippen LogP contribution in [0.15, 0.2) is 18.2 Å². The Morgan fingerprint density at radius 2 is 2.24 bits per heavy atom. The van der Waals surface area contributed by atoms with Gasteiger partial charge >= 0.3 is 0 Å². The smallest absolute Gasteiger partial charge is 0.260 e. The van der Waals surface area contributed by atoms with E-state index in [-0.39, 0.29) is 25.0 Å². The summed E-state index contributed by atoms with van der Waals surface area (Å²) in [5, 5.41) is 13.2. The third kappa shape index (κ3) is 3.35. The molecule has 0 aliphatic carbocycles. The zero-order valence-corrected chi connectivity index (χ0v) is 14.9. The second-order valence-electron chi connectivity index (χ2n) is 7.12. The van der Waals surface area contributed by atoms with Crippen LogP contribution in [-0.2, 0) is 9.59 Å². The van der Waals surface area contributed by atoms with Crippen molar-refractivity contribution in [1.82, 2.24) is 10.2 Å². The van der Waals surface area contributed by atoms with Gasteiger partial charge in [-0.15, -0.1) is 0 Å². The van der Waals surface area contributed by atoms with E-state index in [4.69, 9.17) is 4.74 Å². The summed E-state index contributed by atoms with van der Waals surface area (Å²) in [4.78, 5) is 26.6. The van der Waals surface area contributed by atoms with Gasteiger partial charge in [0.15, 0.2) is 6.61 Å². The number of aryl methyl sites for hydroxylation is 1. The van der Waals surface area contributed by atoms with E-state index >= 15 is 0 Å². The van der Waals surface area contributed by atoms with Crippen LogP contribution < -0.4 is 10.1 Å². The molecule has 0 saturated carbocycles. The van der Waals surface area contributed by atoms with Gasteiger partial charge in [-0.25, -0.2) is 0 Å². The normalized spacial score (nSPS) is 26.4. The molecule has 2 aliphatic heterocycles. The van der Waals surface area contributed by atoms with Crippen LogP contribution in [0.3, 0.4) is 0 Å². The van der Waals surface area contributed by atoms with Crippen LogP contribution in [0.4, 0.5) is 0 Å². The van der Waals surface area contributed by atoms with Crippen molar-refractivity contribution < 1.29 is 19.4 Å². The maximum Gasteiger partial charge on any atom is 0.260 e. The standard InChI is InChI=1S/C19H26N2O4/c1-13-5-3-6-15(14(13)2)25-11-17(23)21-10-7-16(22)19(12-21)8-4-9-20-18(19)24/h3,5-6,16,22H,4,7-12H2,1-2H3,(H,20,24)/t16-,19+/m0/s1. The Balaban J connectivity index is 1.66. The first kappa shape index (κ1) is 17.7. The molecule has 1 spiro atoms. The highest BCUT2D eigenvalue weighted by Crippen LogP contribution is 2.37. The monoisotopic (exact) mass is 346 g/mol. The fourth-order valence-electron chi connectivity index (χ4n) is 3.77. The molecule has 1 aromatic carbocycles. The Morgan fingerprint density at radius 3 is 3.00 bits per heavy atom. The quantitative estimate of drug-likeness (QED) is 0.861. The number of rotatable bonds is 3. The molecule has 0 radical (unpaired) electrons. The Bertz CT molecular complexity index is 675. The average Bonchev–Trinajstić information content (AvgIpc) is 2.60. The highest BCUT2D eigenvalue weighted by molar-refractivity contribution is 5.86. The molecule has 6 heteroatoms. The topological polar surface area (TPSA) is 78.9 Å². The van der Waals surface area contributed by atoms with E-state index < -0.39 is 11.5 Å². The zero-order chi connectivity index (χ0) is 18.0. The molecule has 2 atom stereocenters. The molecule has 3 rings (SSSR count). The summed E-state index contributed by atoms with van der Waals surface area (Å²) in [6, 6.07) is 5.76. The Morgan fingerprint density at radius 1 is 1.44 bits per heavy atom. The van der Waals surface area contributed by atoms with Crippen molar-refractivity contribution in [2.75, 3.05) is 26.2 Å². The highest BCUT2D eigenvalue weighted by Gasteiger charge is 2.50. The van der Waals surface area contributed by atoms with Crippen LogP contribution in [-0.4, -0.2) is 54.2 Å². The number of amides is 2. The van der Waals surface area contributed by atoms with Gasteiger partial charge in [-0.1, -0.05) is 12.1 Å². The molecule has 2 aliphatic rings. The zero-order valence-electron chi connectivity index (χ0n) is 14.9. The Kier molecular flexibility index (Phi) is 4.99. The van der Waals surface area contributed by atoms with Crippen molar-refractivity contribution in [2.45, 2.75) is 39.2 Å². The minimum absolute atomic E-state index is 0.0575. The number of piperidine rings is 2. The average molecular weight is 346 g/mol. The third-order valence-electron chi connectivity index (χ3n) is 5.58. The fraction of sp³-hybridized carbons (Fsp3) is 0.579. The molecule has 25 heavy (non-hydrogen) atoms. The van der Waals surface area contributed by atoms with Crippen molar-refractivity contribution in [2.24, 2.45) is 5.41 Å². The second kappa shape index (κ2) is 7.04. The lowest BCUT2D eigenvalue weighted by molar-refractivity contribution is -0.155. The lowest BCUT2D eigenvalue weighted by Gasteiger charge is -2.46. The summed E-state index contributed by atoms with van der Waals surface area (Å²) >= 11 is 0. The van der Waals surface area contributed by atoms with E-state index in [1.165, 1.54) is 0 Å². The van der Waals surface area contributed by atoms with Gasteiger partial charge in [-0.05, 0) is 50.3 Å². The van der Waals surface area contributed by atoms with Gasteiger partial charge < -0.3 is 20.1 Å². The maximum atomic E-state index is 12.6. The first-order valence-corrected chi connectivity index (χ1v) is 8.87. The fourth-order valence-corrected chi connectivity index (χ4v) is 3.77. The van der Waals surface area contributed by atoms with Crippen LogP contribution in [0.1, 0.15) is 30.4 Å². The number of aliphatic hydroxyl groups is 1. The van der Waals surface area contributed by atoms with Gasteiger partial charge in [0.05, 0.1) is 11.5 Å². The number of nitrogens with zero attached hydrogens (tertiary/aromatic N) is 1. The number of carbonyl (C=O) groups excluding carboxylic acids is 2. The molecule has 2 heterocycles. The summed E-state index contributed by atoms with van der Waals surface area (Å²) in [5.74, 6) is 0.417. The molecule has 0 bridgehead atoms. The Hall–Kier alpha value is -2.08. The molecule has 2 N–H and O–H groups in total. The first-order valence-electron chi connectivity index (χ1n) is 8.87. The molecule has 0 unspecified atom stereocenters. The van der Waals surface area contributed by atoms with E-state index in [1.54, 1.807) is 4.90 Å². The molecule has 6 nitrogen and oxygen atoms in total. The molecular weight excluding hydrogens is 320 g/mol. The maximum absolute atomic E-state index is 12.6. The minimum Gasteiger partial charge on any atom is -0.483 e. The van der Waals surface area contributed by atoms with E-state index in [2.05, 4.69) is 5.32 Å². The van der Waals surface area contributed by atoms with Crippen LogP contribution in [0.2, 0.25) is 0 Å². The van der Waals surface area contributed by atoms with Gasteiger partial charge in [0.1, 0.15) is 5.75 Å². The number of carbonyl (C=O) groups is 2.